The highest BCUT2D eigenvalue weighted by atomic mass is 35.5. The summed E-state index contributed by atoms with van der Waals surface area (Å²) in [5, 5.41) is 2.55. The van der Waals surface area contributed by atoms with Gasteiger partial charge in [0.15, 0.2) is 0 Å². The van der Waals surface area contributed by atoms with Crippen LogP contribution >= 0.6 is 11.6 Å². The van der Waals surface area contributed by atoms with Gasteiger partial charge in [0.2, 0.25) is 0 Å². The minimum atomic E-state index is 0.592. The van der Waals surface area contributed by atoms with Crippen LogP contribution in [-0.2, 0) is 0 Å². The van der Waals surface area contributed by atoms with Gasteiger partial charge >= 0.3 is 0 Å². The molecule has 2 aromatic rings. The van der Waals surface area contributed by atoms with Crippen LogP contribution in [0.4, 0.5) is 11.4 Å². The fourth-order valence-corrected chi connectivity index (χ4v) is 1.60. The molecule has 2 nitrogen and oxygen atoms in total. The Kier molecular flexibility index (Phi) is 1.78. The van der Waals surface area contributed by atoms with Crippen molar-refractivity contribution in [3.05, 3.63) is 35.4 Å². The molecule has 66 valence electrons. The van der Waals surface area contributed by atoms with Crippen molar-refractivity contribution < 1.29 is 0 Å². The summed E-state index contributed by atoms with van der Waals surface area (Å²) in [7, 11) is 0. The Hall–Kier alpha value is -1.41. The number of nitrogen functional groups attached to an aromatic ring is 2. The molecule has 0 bridgehead atoms. The summed E-state index contributed by atoms with van der Waals surface area (Å²) >= 11 is 5.98. The van der Waals surface area contributed by atoms with Gasteiger partial charge in [-0.1, -0.05) is 29.8 Å². The Morgan fingerprint density at radius 2 is 1.69 bits per heavy atom. The summed E-state index contributed by atoms with van der Waals surface area (Å²) in [6, 6.07) is 9.25. The number of rotatable bonds is 0. The molecule has 2 rings (SSSR count). The number of hydrogen-bond acceptors (Lipinski definition) is 2. The lowest BCUT2D eigenvalue weighted by Crippen LogP contribution is -1.95. The number of benzene rings is 2. The van der Waals surface area contributed by atoms with Crippen molar-refractivity contribution in [2.75, 3.05) is 11.5 Å². The fraction of sp³-hybridized carbons (Fsp3) is 0. The molecule has 0 unspecified atom stereocenters. The van der Waals surface area contributed by atoms with Gasteiger partial charge in [0.05, 0.1) is 11.4 Å². The third-order valence-electron chi connectivity index (χ3n) is 2.08. The van der Waals surface area contributed by atoms with Gasteiger partial charge in [0, 0.05) is 15.8 Å². The van der Waals surface area contributed by atoms with Gasteiger partial charge in [0.25, 0.3) is 0 Å². The van der Waals surface area contributed by atoms with E-state index in [0.717, 1.165) is 10.8 Å². The van der Waals surface area contributed by atoms with E-state index in [-0.39, 0.29) is 0 Å². The maximum absolute atomic E-state index is 5.98. The Labute approximate surface area is 81.1 Å². The monoisotopic (exact) mass is 192 g/mol. The second kappa shape index (κ2) is 2.82. The highest BCUT2D eigenvalue weighted by molar-refractivity contribution is 6.36. The molecule has 0 aliphatic heterocycles. The summed E-state index contributed by atoms with van der Waals surface area (Å²) < 4.78 is 0. The lowest BCUT2D eigenvalue weighted by atomic mass is 10.1. The van der Waals surface area contributed by atoms with Gasteiger partial charge in [-0.2, -0.15) is 0 Å². The van der Waals surface area contributed by atoms with Crippen LogP contribution in [0.1, 0.15) is 0 Å². The lowest BCUT2D eigenvalue weighted by molar-refractivity contribution is 1.70. The first-order valence-corrected chi connectivity index (χ1v) is 4.30. The van der Waals surface area contributed by atoms with Crippen molar-refractivity contribution in [1.29, 1.82) is 0 Å². The second-order valence-electron chi connectivity index (χ2n) is 2.90. The lowest BCUT2D eigenvalue weighted by Gasteiger charge is -2.05. The number of fused-ring (bicyclic) bond motifs is 1. The number of halogens is 1. The molecule has 0 atom stereocenters. The topological polar surface area (TPSA) is 52.0 Å². The first-order valence-electron chi connectivity index (χ1n) is 3.92. The summed E-state index contributed by atoms with van der Waals surface area (Å²) in [4.78, 5) is 0. The van der Waals surface area contributed by atoms with Crippen LogP contribution in [0, 0.1) is 0 Å². The van der Waals surface area contributed by atoms with Crippen molar-refractivity contribution in [2.45, 2.75) is 0 Å². The molecule has 3 heteroatoms. The first-order chi connectivity index (χ1) is 6.20. The summed E-state index contributed by atoms with van der Waals surface area (Å²) in [6.45, 7) is 0. The number of hydrogen-bond donors (Lipinski definition) is 2. The second-order valence-corrected chi connectivity index (χ2v) is 3.31. The van der Waals surface area contributed by atoms with E-state index in [9.17, 15) is 0 Å². The maximum Gasteiger partial charge on any atom is 0.0627 e. The van der Waals surface area contributed by atoms with Crippen LogP contribution in [0.15, 0.2) is 30.3 Å². The largest absolute Gasteiger partial charge is 0.397 e. The van der Waals surface area contributed by atoms with Crippen molar-refractivity contribution in [1.82, 2.24) is 0 Å². The van der Waals surface area contributed by atoms with Gasteiger partial charge in [-0.05, 0) is 12.1 Å². The van der Waals surface area contributed by atoms with E-state index in [0.29, 0.717) is 16.4 Å². The molecular formula is C10H9ClN2. The zero-order valence-electron chi connectivity index (χ0n) is 6.92. The highest BCUT2D eigenvalue weighted by Gasteiger charge is 2.03. The number of nitrogens with two attached hydrogens (primary N) is 2. The van der Waals surface area contributed by atoms with Gasteiger partial charge in [-0.15, -0.1) is 0 Å². The van der Waals surface area contributed by atoms with E-state index < -0.39 is 0 Å². The van der Waals surface area contributed by atoms with E-state index in [2.05, 4.69) is 0 Å². The minimum absolute atomic E-state index is 0.592. The molecule has 0 radical (unpaired) electrons. The molecule has 4 N–H and O–H groups in total. The van der Waals surface area contributed by atoms with Crippen molar-refractivity contribution in [3.8, 4) is 0 Å². The van der Waals surface area contributed by atoms with E-state index in [1.54, 1.807) is 6.07 Å². The van der Waals surface area contributed by atoms with Crippen LogP contribution in [0.5, 0.6) is 0 Å². The average molecular weight is 193 g/mol. The zero-order chi connectivity index (χ0) is 9.42. The van der Waals surface area contributed by atoms with Crippen LogP contribution in [0.3, 0.4) is 0 Å². The molecular weight excluding hydrogens is 184 g/mol. The molecule has 0 aliphatic carbocycles. The normalized spacial score (nSPS) is 10.5. The van der Waals surface area contributed by atoms with E-state index in [4.69, 9.17) is 23.1 Å². The van der Waals surface area contributed by atoms with E-state index >= 15 is 0 Å². The predicted molar refractivity (Wildman–Crippen MR) is 57.8 cm³/mol. The highest BCUT2D eigenvalue weighted by Crippen LogP contribution is 2.30. The average Bonchev–Trinajstić information content (AvgIpc) is 2.12. The van der Waals surface area contributed by atoms with Crippen LogP contribution < -0.4 is 11.5 Å². The third kappa shape index (κ3) is 1.19. The number of anilines is 2. The maximum atomic E-state index is 5.98. The zero-order valence-corrected chi connectivity index (χ0v) is 7.68. The molecule has 0 spiro atoms. The van der Waals surface area contributed by atoms with Gasteiger partial charge in [-0.3, -0.25) is 0 Å². The summed E-state index contributed by atoms with van der Waals surface area (Å²) in [5.74, 6) is 0. The van der Waals surface area contributed by atoms with Crippen molar-refractivity contribution >= 4 is 33.7 Å². The summed E-state index contributed by atoms with van der Waals surface area (Å²) in [5.41, 5.74) is 12.7. The Morgan fingerprint density at radius 1 is 0.923 bits per heavy atom. The van der Waals surface area contributed by atoms with E-state index in [1.165, 1.54) is 0 Å². The third-order valence-corrected chi connectivity index (χ3v) is 2.41. The van der Waals surface area contributed by atoms with E-state index in [1.807, 2.05) is 24.3 Å². The van der Waals surface area contributed by atoms with Crippen LogP contribution in [0.2, 0.25) is 5.02 Å². The molecule has 0 saturated heterocycles. The summed E-state index contributed by atoms with van der Waals surface area (Å²) in [6.07, 6.45) is 0. The standard InChI is InChI=1S/C10H9ClN2/c11-8-3-1-2-7-6(8)4-5-9(12)10(7)13/h1-5H,12-13H2. The Balaban J connectivity index is 2.94. The predicted octanol–water partition coefficient (Wildman–Crippen LogP) is 2.66. The smallest absolute Gasteiger partial charge is 0.0627 e. The first kappa shape index (κ1) is 8.20. The molecule has 13 heavy (non-hydrogen) atoms. The Bertz CT molecular complexity index is 466. The van der Waals surface area contributed by atoms with Gasteiger partial charge in [-0.25, -0.2) is 0 Å². The molecule has 0 heterocycles. The van der Waals surface area contributed by atoms with Gasteiger partial charge in [0.1, 0.15) is 0 Å². The molecule has 2 aromatic carbocycles. The molecule has 0 aliphatic rings. The molecule has 0 aromatic heterocycles. The van der Waals surface area contributed by atoms with Gasteiger partial charge < -0.3 is 11.5 Å². The fourth-order valence-electron chi connectivity index (χ4n) is 1.36. The molecule has 0 saturated carbocycles. The van der Waals surface area contributed by atoms with Crippen molar-refractivity contribution in [3.63, 3.8) is 0 Å². The van der Waals surface area contributed by atoms with Crippen LogP contribution in [0.25, 0.3) is 10.8 Å². The SMILES string of the molecule is Nc1ccc2c(Cl)cccc2c1N. The minimum Gasteiger partial charge on any atom is -0.397 e. The van der Waals surface area contributed by atoms with Crippen molar-refractivity contribution in [2.24, 2.45) is 0 Å². The molecule has 0 amide bonds. The molecule has 0 fully saturated rings. The quantitative estimate of drug-likeness (QED) is 0.631. The Morgan fingerprint density at radius 3 is 2.46 bits per heavy atom. The van der Waals surface area contributed by atoms with Crippen LogP contribution in [-0.4, -0.2) is 0 Å².